The van der Waals surface area contributed by atoms with Crippen molar-refractivity contribution < 1.29 is 14.3 Å². The Morgan fingerprint density at radius 2 is 2.17 bits per heavy atom. The molecule has 23 heavy (non-hydrogen) atoms. The van der Waals surface area contributed by atoms with Gasteiger partial charge in [-0.2, -0.15) is 0 Å². The van der Waals surface area contributed by atoms with Gasteiger partial charge in [0, 0.05) is 25.7 Å². The number of rotatable bonds is 5. The summed E-state index contributed by atoms with van der Waals surface area (Å²) in [6, 6.07) is 0. The Morgan fingerprint density at radius 3 is 2.91 bits per heavy atom. The molecule has 0 radical (unpaired) electrons. The van der Waals surface area contributed by atoms with Crippen LogP contribution in [0.15, 0.2) is 0 Å². The molecule has 3 rings (SSSR count). The van der Waals surface area contributed by atoms with Gasteiger partial charge in [0.15, 0.2) is 5.82 Å². The summed E-state index contributed by atoms with van der Waals surface area (Å²) < 4.78 is 13.2. The standard InChI is InChI=1S/C15H25N5O3/c1-11(2)14-17-18-19-20(14)10-13(21)16-9-12-3-4-15(23-12)5-7-22-8-6-15/h11-12H,3-10H2,1-2H3,(H,16,21). The van der Waals surface area contributed by atoms with Crippen LogP contribution in [0.25, 0.3) is 0 Å². The van der Waals surface area contributed by atoms with Gasteiger partial charge < -0.3 is 14.8 Å². The largest absolute Gasteiger partial charge is 0.381 e. The summed E-state index contributed by atoms with van der Waals surface area (Å²) in [5, 5.41) is 14.4. The molecule has 0 aliphatic carbocycles. The number of carbonyl (C=O) groups excluding carboxylic acids is 1. The first-order valence-corrected chi connectivity index (χ1v) is 8.36. The van der Waals surface area contributed by atoms with Gasteiger partial charge in [0.05, 0.1) is 11.7 Å². The van der Waals surface area contributed by atoms with Gasteiger partial charge in [-0.05, 0) is 36.1 Å². The van der Waals surface area contributed by atoms with Crippen molar-refractivity contribution in [1.29, 1.82) is 0 Å². The Bertz CT molecular complexity index is 539. The van der Waals surface area contributed by atoms with E-state index in [0.29, 0.717) is 6.54 Å². The average Bonchev–Trinajstić information content (AvgIpc) is 3.14. The lowest BCUT2D eigenvalue weighted by Gasteiger charge is -2.33. The van der Waals surface area contributed by atoms with Crippen LogP contribution in [0.4, 0.5) is 0 Å². The number of amides is 1. The summed E-state index contributed by atoms with van der Waals surface area (Å²) in [6.07, 6.45) is 4.05. The average molecular weight is 323 g/mol. The van der Waals surface area contributed by atoms with Crippen LogP contribution in [-0.2, 0) is 20.8 Å². The molecule has 1 atom stereocenters. The molecule has 1 spiro atoms. The fourth-order valence-corrected chi connectivity index (χ4v) is 3.31. The zero-order chi connectivity index (χ0) is 16.3. The van der Waals surface area contributed by atoms with Crippen molar-refractivity contribution in [1.82, 2.24) is 25.5 Å². The third kappa shape index (κ3) is 3.87. The summed E-state index contributed by atoms with van der Waals surface area (Å²) in [5.41, 5.74) is -0.0196. The zero-order valence-corrected chi connectivity index (χ0v) is 13.8. The SMILES string of the molecule is CC(C)c1nnnn1CC(=O)NCC1CCC2(CCOCC2)O1. The number of tetrazole rings is 1. The Morgan fingerprint density at radius 1 is 1.39 bits per heavy atom. The third-order valence-electron chi connectivity index (χ3n) is 4.64. The van der Waals surface area contributed by atoms with Gasteiger partial charge in [-0.25, -0.2) is 4.68 Å². The number of ether oxygens (including phenoxy) is 2. The lowest BCUT2D eigenvalue weighted by Crippen LogP contribution is -2.39. The van der Waals surface area contributed by atoms with Crippen molar-refractivity contribution in [2.75, 3.05) is 19.8 Å². The molecule has 1 aromatic rings. The first kappa shape index (κ1) is 16.3. The molecule has 1 amide bonds. The van der Waals surface area contributed by atoms with Crippen molar-refractivity contribution >= 4 is 5.91 Å². The van der Waals surface area contributed by atoms with Gasteiger partial charge in [-0.15, -0.1) is 5.10 Å². The van der Waals surface area contributed by atoms with E-state index in [1.54, 1.807) is 4.68 Å². The van der Waals surface area contributed by atoms with Crippen molar-refractivity contribution in [3.05, 3.63) is 5.82 Å². The highest BCUT2D eigenvalue weighted by Gasteiger charge is 2.41. The highest BCUT2D eigenvalue weighted by Crippen LogP contribution is 2.37. The maximum absolute atomic E-state index is 12.1. The van der Waals surface area contributed by atoms with Crippen LogP contribution in [0.2, 0.25) is 0 Å². The van der Waals surface area contributed by atoms with Crippen molar-refractivity contribution in [2.24, 2.45) is 0 Å². The van der Waals surface area contributed by atoms with E-state index in [4.69, 9.17) is 9.47 Å². The number of nitrogens with zero attached hydrogens (tertiary/aromatic N) is 4. The Balaban J connectivity index is 1.45. The third-order valence-corrected chi connectivity index (χ3v) is 4.64. The van der Waals surface area contributed by atoms with E-state index in [2.05, 4.69) is 20.8 Å². The van der Waals surface area contributed by atoms with Gasteiger partial charge in [-0.1, -0.05) is 13.8 Å². The lowest BCUT2D eigenvalue weighted by atomic mass is 9.91. The molecule has 1 N–H and O–H groups in total. The molecule has 1 aromatic heterocycles. The van der Waals surface area contributed by atoms with E-state index in [9.17, 15) is 4.79 Å². The summed E-state index contributed by atoms with van der Waals surface area (Å²) in [7, 11) is 0. The molecule has 8 nitrogen and oxygen atoms in total. The van der Waals surface area contributed by atoms with Crippen LogP contribution in [0.1, 0.15) is 51.3 Å². The second kappa shape index (κ2) is 6.92. The molecule has 0 bridgehead atoms. The molecule has 128 valence electrons. The monoisotopic (exact) mass is 323 g/mol. The van der Waals surface area contributed by atoms with Gasteiger partial charge in [-0.3, -0.25) is 4.79 Å². The molecule has 2 aliphatic heterocycles. The minimum atomic E-state index is -0.0873. The van der Waals surface area contributed by atoms with Gasteiger partial charge in [0.2, 0.25) is 5.91 Å². The maximum atomic E-state index is 12.1. The second-order valence-electron chi connectivity index (χ2n) is 6.73. The van der Waals surface area contributed by atoms with Crippen molar-refractivity contribution in [2.45, 2.75) is 63.7 Å². The Labute approximate surface area is 135 Å². The van der Waals surface area contributed by atoms with Gasteiger partial charge >= 0.3 is 0 Å². The van der Waals surface area contributed by atoms with Gasteiger partial charge in [0.25, 0.3) is 0 Å². The van der Waals surface area contributed by atoms with Crippen molar-refractivity contribution in [3.63, 3.8) is 0 Å². The first-order chi connectivity index (χ1) is 11.1. The van der Waals surface area contributed by atoms with Crippen LogP contribution in [-0.4, -0.2) is 57.6 Å². The summed E-state index contributed by atoms with van der Waals surface area (Å²) in [4.78, 5) is 12.1. The topological polar surface area (TPSA) is 91.2 Å². The van der Waals surface area contributed by atoms with Crippen LogP contribution in [0.5, 0.6) is 0 Å². The number of aromatic nitrogens is 4. The van der Waals surface area contributed by atoms with Crippen LogP contribution >= 0.6 is 0 Å². The normalized spacial score (nSPS) is 23.5. The quantitative estimate of drug-likeness (QED) is 0.855. The van der Waals surface area contributed by atoms with E-state index >= 15 is 0 Å². The smallest absolute Gasteiger partial charge is 0.241 e. The van der Waals surface area contributed by atoms with Gasteiger partial charge in [0.1, 0.15) is 6.54 Å². The minimum Gasteiger partial charge on any atom is -0.381 e. The number of nitrogens with one attached hydrogen (secondary N) is 1. The van der Waals surface area contributed by atoms with E-state index < -0.39 is 0 Å². The molecule has 0 aromatic carbocycles. The predicted molar refractivity (Wildman–Crippen MR) is 81.8 cm³/mol. The fraction of sp³-hybridized carbons (Fsp3) is 0.867. The van der Waals surface area contributed by atoms with E-state index in [-0.39, 0.29) is 30.1 Å². The minimum absolute atomic E-state index is 0.0196. The highest BCUT2D eigenvalue weighted by atomic mass is 16.5. The Kier molecular flexibility index (Phi) is 4.91. The molecule has 2 fully saturated rings. The maximum Gasteiger partial charge on any atom is 0.241 e. The highest BCUT2D eigenvalue weighted by molar-refractivity contribution is 5.75. The second-order valence-corrected chi connectivity index (χ2v) is 6.73. The van der Waals surface area contributed by atoms with Crippen molar-refractivity contribution in [3.8, 4) is 0 Å². The van der Waals surface area contributed by atoms with Crippen LogP contribution in [0.3, 0.4) is 0 Å². The zero-order valence-electron chi connectivity index (χ0n) is 13.8. The number of hydrogen-bond acceptors (Lipinski definition) is 6. The molecule has 3 heterocycles. The molecular weight excluding hydrogens is 298 g/mol. The number of carbonyl (C=O) groups is 1. The molecule has 1 unspecified atom stereocenters. The molecule has 8 heteroatoms. The summed E-state index contributed by atoms with van der Waals surface area (Å²) in [5.74, 6) is 0.818. The van der Waals surface area contributed by atoms with E-state index in [1.165, 1.54) is 0 Å². The summed E-state index contributed by atoms with van der Waals surface area (Å²) in [6.45, 7) is 6.24. The van der Waals surface area contributed by atoms with Crippen LogP contribution in [0, 0.1) is 0 Å². The fourth-order valence-electron chi connectivity index (χ4n) is 3.31. The lowest BCUT2D eigenvalue weighted by molar-refractivity contribution is -0.124. The first-order valence-electron chi connectivity index (χ1n) is 8.36. The molecule has 2 saturated heterocycles. The molecule has 2 aliphatic rings. The molecule has 0 saturated carbocycles. The van der Waals surface area contributed by atoms with E-state index in [0.717, 1.165) is 44.7 Å². The van der Waals surface area contributed by atoms with Crippen LogP contribution < -0.4 is 5.32 Å². The Hall–Kier alpha value is -1.54. The van der Waals surface area contributed by atoms with E-state index in [1.807, 2.05) is 13.8 Å². The number of hydrogen-bond donors (Lipinski definition) is 1. The predicted octanol–water partition coefficient (Wildman–Crippen LogP) is 0.641. The summed E-state index contributed by atoms with van der Waals surface area (Å²) >= 11 is 0. The molecular formula is C15H25N5O3.